The first-order valence-corrected chi connectivity index (χ1v) is 7.01. The van der Waals surface area contributed by atoms with Crippen molar-refractivity contribution < 1.29 is 19.5 Å². The van der Waals surface area contributed by atoms with Crippen LogP contribution in [-0.2, 0) is 9.59 Å². The van der Waals surface area contributed by atoms with E-state index < -0.39 is 12.0 Å². The van der Waals surface area contributed by atoms with Crippen LogP contribution in [0, 0.1) is 5.92 Å². The van der Waals surface area contributed by atoms with Crippen molar-refractivity contribution in [1.29, 1.82) is 0 Å². The second-order valence-corrected chi connectivity index (χ2v) is 5.68. The number of carboxylic acid groups (broad SMARTS) is 1. The van der Waals surface area contributed by atoms with Crippen molar-refractivity contribution in [2.75, 3.05) is 5.75 Å². The van der Waals surface area contributed by atoms with Gasteiger partial charge in [-0.3, -0.25) is 14.4 Å². The second kappa shape index (κ2) is 5.60. The van der Waals surface area contributed by atoms with Gasteiger partial charge in [0.05, 0.1) is 5.92 Å². The van der Waals surface area contributed by atoms with Crippen molar-refractivity contribution in [3.8, 4) is 0 Å². The number of hydrogen-bond acceptors (Lipinski definition) is 4. The molecule has 2 amide bonds. The van der Waals surface area contributed by atoms with Crippen LogP contribution in [0.3, 0.4) is 0 Å². The fourth-order valence-corrected chi connectivity index (χ4v) is 3.09. The molecule has 6 nitrogen and oxygen atoms in total. The Morgan fingerprint density at radius 3 is 2.44 bits per heavy atom. The molecule has 0 aromatic carbocycles. The highest BCUT2D eigenvalue weighted by molar-refractivity contribution is 8.14. The molecule has 1 aliphatic carbocycles. The largest absolute Gasteiger partial charge is 0.481 e. The number of carbonyl (C=O) groups is 3. The Morgan fingerprint density at radius 1 is 1.28 bits per heavy atom. The van der Waals surface area contributed by atoms with Crippen molar-refractivity contribution in [2.45, 2.75) is 37.8 Å². The Hall–Kier alpha value is -1.24. The van der Waals surface area contributed by atoms with Crippen LogP contribution in [0.25, 0.3) is 0 Å². The van der Waals surface area contributed by atoms with Gasteiger partial charge >= 0.3 is 5.97 Å². The normalized spacial score (nSPS) is 31.8. The van der Waals surface area contributed by atoms with E-state index in [4.69, 9.17) is 5.11 Å². The zero-order valence-corrected chi connectivity index (χ0v) is 10.7. The molecule has 18 heavy (non-hydrogen) atoms. The van der Waals surface area contributed by atoms with Gasteiger partial charge in [-0.05, 0) is 25.7 Å². The van der Waals surface area contributed by atoms with E-state index in [9.17, 15) is 14.4 Å². The average Bonchev–Trinajstić information content (AvgIpc) is 2.76. The molecule has 2 aliphatic rings. The van der Waals surface area contributed by atoms with Crippen molar-refractivity contribution in [3.05, 3.63) is 0 Å². The van der Waals surface area contributed by atoms with E-state index in [0.29, 0.717) is 31.4 Å². The summed E-state index contributed by atoms with van der Waals surface area (Å²) in [5.74, 6) is -0.721. The maximum atomic E-state index is 11.8. The third-order valence-corrected chi connectivity index (χ3v) is 4.29. The lowest BCUT2D eigenvalue weighted by atomic mass is 9.86. The molecule has 1 aliphatic heterocycles. The highest BCUT2D eigenvalue weighted by Crippen LogP contribution is 2.24. The van der Waals surface area contributed by atoms with Gasteiger partial charge < -0.3 is 15.7 Å². The van der Waals surface area contributed by atoms with Crippen LogP contribution in [0.5, 0.6) is 0 Å². The standard InChI is InChI=1S/C11H16N2O4S/c14-9(8-5-18-11(17)13-8)12-7-3-1-6(2-4-7)10(15)16/h6-8H,1-5H2,(H,12,14)(H,13,17)(H,15,16). The lowest BCUT2D eigenvalue weighted by Gasteiger charge is -2.27. The maximum Gasteiger partial charge on any atom is 0.306 e. The lowest BCUT2D eigenvalue weighted by Crippen LogP contribution is -2.48. The van der Waals surface area contributed by atoms with Crippen molar-refractivity contribution in [3.63, 3.8) is 0 Å². The molecule has 0 bridgehead atoms. The van der Waals surface area contributed by atoms with Gasteiger partial charge in [0.1, 0.15) is 6.04 Å². The number of carboxylic acids is 1. The van der Waals surface area contributed by atoms with Gasteiger partial charge in [0.25, 0.3) is 5.24 Å². The van der Waals surface area contributed by atoms with E-state index in [1.165, 1.54) is 0 Å². The average molecular weight is 272 g/mol. The van der Waals surface area contributed by atoms with Gasteiger partial charge in [-0.1, -0.05) is 11.8 Å². The van der Waals surface area contributed by atoms with E-state index in [0.717, 1.165) is 11.8 Å². The molecule has 1 heterocycles. The van der Waals surface area contributed by atoms with Crippen LogP contribution in [-0.4, -0.2) is 40.1 Å². The summed E-state index contributed by atoms with van der Waals surface area (Å²) in [7, 11) is 0. The molecule has 2 fully saturated rings. The molecule has 0 spiro atoms. The minimum Gasteiger partial charge on any atom is -0.481 e. The van der Waals surface area contributed by atoms with Gasteiger partial charge in [0, 0.05) is 11.8 Å². The molecule has 1 saturated carbocycles. The summed E-state index contributed by atoms with van der Waals surface area (Å²) < 4.78 is 0. The van der Waals surface area contributed by atoms with E-state index >= 15 is 0 Å². The summed E-state index contributed by atoms with van der Waals surface area (Å²) >= 11 is 1.11. The Bertz CT molecular complexity index is 366. The number of thioether (sulfide) groups is 1. The number of hydrogen-bond donors (Lipinski definition) is 3. The topological polar surface area (TPSA) is 95.5 Å². The van der Waals surface area contributed by atoms with E-state index in [2.05, 4.69) is 10.6 Å². The fraction of sp³-hybridized carbons (Fsp3) is 0.727. The van der Waals surface area contributed by atoms with Crippen LogP contribution >= 0.6 is 11.8 Å². The number of rotatable bonds is 3. The third kappa shape index (κ3) is 3.16. The first-order chi connectivity index (χ1) is 8.56. The van der Waals surface area contributed by atoms with Crippen LogP contribution in [0.4, 0.5) is 4.79 Å². The highest BCUT2D eigenvalue weighted by atomic mass is 32.2. The van der Waals surface area contributed by atoms with Crippen molar-refractivity contribution >= 4 is 28.9 Å². The quantitative estimate of drug-likeness (QED) is 0.698. The summed E-state index contributed by atoms with van der Waals surface area (Å²) in [6, 6.07) is -0.407. The molecule has 7 heteroatoms. The predicted molar refractivity (Wildman–Crippen MR) is 66.3 cm³/mol. The molecule has 1 atom stereocenters. The van der Waals surface area contributed by atoms with Gasteiger partial charge in [0.2, 0.25) is 5.91 Å². The van der Waals surface area contributed by atoms with Crippen LogP contribution in [0.15, 0.2) is 0 Å². The lowest BCUT2D eigenvalue weighted by molar-refractivity contribution is -0.142. The monoisotopic (exact) mass is 272 g/mol. The zero-order valence-electron chi connectivity index (χ0n) is 9.85. The minimum atomic E-state index is -0.751. The van der Waals surface area contributed by atoms with Gasteiger partial charge in [0.15, 0.2) is 0 Å². The van der Waals surface area contributed by atoms with Crippen LogP contribution < -0.4 is 10.6 Å². The van der Waals surface area contributed by atoms with E-state index in [1.54, 1.807) is 0 Å². The van der Waals surface area contributed by atoms with Crippen LogP contribution in [0.2, 0.25) is 0 Å². The third-order valence-electron chi connectivity index (χ3n) is 3.41. The summed E-state index contributed by atoms with van der Waals surface area (Å²) in [5, 5.41) is 14.2. The Balaban J connectivity index is 1.76. The molecule has 0 aromatic rings. The molecule has 3 N–H and O–H groups in total. The second-order valence-electron chi connectivity index (χ2n) is 4.69. The minimum absolute atomic E-state index is 0.0376. The maximum absolute atomic E-state index is 11.8. The molecule has 100 valence electrons. The van der Waals surface area contributed by atoms with E-state index in [1.807, 2.05) is 0 Å². The SMILES string of the molecule is O=C1NC(C(=O)NC2CCC(C(=O)O)CC2)CS1. The first kappa shape index (κ1) is 13.2. The molecule has 1 unspecified atom stereocenters. The Labute approximate surface area is 109 Å². The molecule has 1 saturated heterocycles. The number of amides is 2. The summed E-state index contributed by atoms with van der Waals surface area (Å²) in [4.78, 5) is 33.6. The van der Waals surface area contributed by atoms with Crippen molar-refractivity contribution in [1.82, 2.24) is 10.6 Å². The van der Waals surface area contributed by atoms with Gasteiger partial charge in [-0.15, -0.1) is 0 Å². The van der Waals surface area contributed by atoms with Crippen LogP contribution in [0.1, 0.15) is 25.7 Å². The summed E-state index contributed by atoms with van der Waals surface area (Å²) in [5.41, 5.74) is 0. The number of aliphatic carboxylic acids is 1. The molecular formula is C11H16N2O4S. The smallest absolute Gasteiger partial charge is 0.306 e. The first-order valence-electron chi connectivity index (χ1n) is 6.02. The van der Waals surface area contributed by atoms with Gasteiger partial charge in [-0.25, -0.2) is 0 Å². The summed E-state index contributed by atoms with van der Waals surface area (Å²) in [6.07, 6.45) is 2.59. The molecule has 2 rings (SSSR count). The van der Waals surface area contributed by atoms with E-state index in [-0.39, 0.29) is 23.1 Å². The predicted octanol–water partition coefficient (Wildman–Crippen LogP) is 0.571. The molecular weight excluding hydrogens is 256 g/mol. The molecule has 0 radical (unpaired) electrons. The Kier molecular flexibility index (Phi) is 4.11. The zero-order chi connectivity index (χ0) is 13.1. The highest BCUT2D eigenvalue weighted by Gasteiger charge is 2.31. The fourth-order valence-electron chi connectivity index (χ4n) is 2.31. The summed E-state index contributed by atoms with van der Waals surface area (Å²) in [6.45, 7) is 0. The van der Waals surface area contributed by atoms with Gasteiger partial charge in [-0.2, -0.15) is 0 Å². The molecule has 0 aromatic heterocycles. The van der Waals surface area contributed by atoms with Crippen molar-refractivity contribution in [2.24, 2.45) is 5.92 Å². The Morgan fingerprint density at radius 2 is 1.94 bits per heavy atom. The number of nitrogens with one attached hydrogen (secondary N) is 2. The number of carbonyl (C=O) groups excluding carboxylic acids is 2.